The average Bonchev–Trinajstić information content (AvgIpc) is 3.28. The Kier molecular flexibility index (Phi) is 8.87. The van der Waals surface area contributed by atoms with E-state index in [-0.39, 0.29) is 40.8 Å². The number of H-pyrrole nitrogens is 1. The zero-order chi connectivity index (χ0) is 26.7. The molecule has 1 atom stereocenters. The van der Waals surface area contributed by atoms with E-state index in [1.54, 1.807) is 39.0 Å². The Balaban J connectivity index is 2.19. The molecule has 1 saturated heterocycles. The van der Waals surface area contributed by atoms with Crippen molar-refractivity contribution in [1.29, 1.82) is 0 Å². The summed E-state index contributed by atoms with van der Waals surface area (Å²) in [5.74, 6) is -2.45. The number of likely N-dealkylation sites (N-methyl/N-ethyl adjacent to an activating group) is 1. The minimum Gasteiger partial charge on any atom is -0.507 e. The van der Waals surface area contributed by atoms with E-state index in [1.807, 2.05) is 13.8 Å². The fourth-order valence-electron chi connectivity index (χ4n) is 4.58. The van der Waals surface area contributed by atoms with Crippen LogP contribution < -0.4 is 0 Å². The van der Waals surface area contributed by atoms with Crippen LogP contribution in [0.1, 0.15) is 59.7 Å². The Morgan fingerprint density at radius 1 is 1.14 bits per heavy atom. The van der Waals surface area contributed by atoms with Crippen molar-refractivity contribution < 1.29 is 24.2 Å². The molecule has 1 amide bonds. The topological polar surface area (TPSA) is 103 Å². The van der Waals surface area contributed by atoms with Crippen molar-refractivity contribution in [3.05, 3.63) is 61.9 Å². The number of aryl methyl sites for hydroxylation is 1. The number of hydrogen-bond acceptors (Lipinski definition) is 6. The monoisotopic (exact) mass is 535 g/mol. The number of nitrogens with one attached hydrogen (secondary N) is 1. The molecule has 1 unspecified atom stereocenters. The Bertz CT molecular complexity index is 1220. The first kappa shape index (κ1) is 27.8. The fourth-order valence-corrected chi connectivity index (χ4v) is 4.88. The van der Waals surface area contributed by atoms with Gasteiger partial charge in [-0.1, -0.05) is 43.1 Å². The van der Waals surface area contributed by atoms with Gasteiger partial charge in [-0.05, 0) is 57.1 Å². The van der Waals surface area contributed by atoms with Crippen LogP contribution in [-0.2, 0) is 14.3 Å². The predicted molar refractivity (Wildman–Crippen MR) is 139 cm³/mol. The third-order valence-corrected chi connectivity index (χ3v) is 7.24. The number of aliphatic hydroxyl groups excluding tert-OH is 1. The molecule has 0 spiro atoms. The van der Waals surface area contributed by atoms with Gasteiger partial charge in [-0.2, -0.15) is 0 Å². The van der Waals surface area contributed by atoms with Crippen molar-refractivity contribution in [3.63, 3.8) is 0 Å². The van der Waals surface area contributed by atoms with E-state index in [0.29, 0.717) is 28.4 Å². The number of aliphatic hydroxyl groups is 1. The molecule has 36 heavy (non-hydrogen) atoms. The van der Waals surface area contributed by atoms with Gasteiger partial charge in [0.2, 0.25) is 0 Å². The number of benzene rings is 1. The maximum atomic E-state index is 13.3. The summed E-state index contributed by atoms with van der Waals surface area (Å²) in [4.78, 5) is 45.5. The number of likely N-dealkylation sites (tertiary alicyclic amines) is 1. The number of carbonyl (C=O) groups excluding carboxylic acids is 3. The number of ketones is 1. The molecule has 10 heteroatoms. The van der Waals surface area contributed by atoms with Crippen molar-refractivity contribution >= 4 is 46.6 Å². The number of nitrogens with zero attached hydrogens (tertiary/aromatic N) is 2. The lowest BCUT2D eigenvalue weighted by molar-refractivity contribution is -0.140. The van der Waals surface area contributed by atoms with E-state index < -0.39 is 23.7 Å². The number of esters is 1. The molecule has 8 nitrogen and oxygen atoms in total. The third kappa shape index (κ3) is 5.16. The van der Waals surface area contributed by atoms with Gasteiger partial charge in [0.25, 0.3) is 11.7 Å². The summed E-state index contributed by atoms with van der Waals surface area (Å²) >= 11 is 12.4. The van der Waals surface area contributed by atoms with Gasteiger partial charge in [0.05, 0.1) is 28.3 Å². The van der Waals surface area contributed by atoms with Crippen LogP contribution in [0.5, 0.6) is 0 Å². The van der Waals surface area contributed by atoms with Gasteiger partial charge < -0.3 is 24.6 Å². The summed E-state index contributed by atoms with van der Waals surface area (Å²) in [5.41, 5.74) is 1.82. The van der Waals surface area contributed by atoms with Crippen LogP contribution in [0.25, 0.3) is 5.76 Å². The average molecular weight is 536 g/mol. The van der Waals surface area contributed by atoms with Crippen molar-refractivity contribution in [1.82, 2.24) is 14.8 Å². The van der Waals surface area contributed by atoms with E-state index in [1.165, 1.54) is 4.90 Å². The molecule has 0 aliphatic carbocycles. The molecule has 2 N–H and O–H groups in total. The Hall–Kier alpha value is -2.81. The van der Waals surface area contributed by atoms with Crippen LogP contribution in [0.4, 0.5) is 0 Å². The molecule has 1 fully saturated rings. The number of halogens is 2. The number of ether oxygens (including phenoxy) is 1. The molecule has 1 aliphatic heterocycles. The second-order valence-electron chi connectivity index (χ2n) is 8.54. The van der Waals surface area contributed by atoms with Gasteiger partial charge >= 0.3 is 5.97 Å². The van der Waals surface area contributed by atoms with Gasteiger partial charge in [-0.3, -0.25) is 9.59 Å². The van der Waals surface area contributed by atoms with Gasteiger partial charge in [-0.15, -0.1) is 0 Å². The zero-order valence-electron chi connectivity index (χ0n) is 21.1. The number of rotatable bonds is 9. The number of amides is 1. The van der Waals surface area contributed by atoms with Crippen LogP contribution in [0.15, 0.2) is 23.8 Å². The minimum absolute atomic E-state index is 0.0708. The number of carbonyl (C=O) groups is 3. The molecular formula is C26H31Cl2N3O5. The molecule has 194 valence electrons. The van der Waals surface area contributed by atoms with E-state index in [2.05, 4.69) is 9.88 Å². The second-order valence-corrected chi connectivity index (χ2v) is 9.35. The standard InChI is InChI=1S/C26H31Cl2N3O5/c1-6-30(7-2)11-12-31-22(16-9-10-17(27)18(28)13-16)20(24(33)25(31)34)23(32)19-14(4)21(29-15(19)5)26(35)36-8-3/h9-10,13,22,29,32H,6-8,11-12H2,1-5H3. The van der Waals surface area contributed by atoms with E-state index >= 15 is 0 Å². The Morgan fingerprint density at radius 2 is 1.81 bits per heavy atom. The molecule has 0 bridgehead atoms. The Morgan fingerprint density at radius 3 is 2.39 bits per heavy atom. The third-order valence-electron chi connectivity index (χ3n) is 6.50. The highest BCUT2D eigenvalue weighted by Crippen LogP contribution is 2.42. The van der Waals surface area contributed by atoms with Crippen LogP contribution >= 0.6 is 23.2 Å². The lowest BCUT2D eigenvalue weighted by atomic mass is 9.94. The molecule has 3 rings (SSSR count). The van der Waals surface area contributed by atoms with Crippen molar-refractivity contribution in [2.24, 2.45) is 0 Å². The highest BCUT2D eigenvalue weighted by molar-refractivity contribution is 6.47. The van der Waals surface area contributed by atoms with E-state index in [4.69, 9.17) is 27.9 Å². The van der Waals surface area contributed by atoms with Crippen LogP contribution in [0, 0.1) is 13.8 Å². The number of Topliss-reactive ketones (excluding diaryl/α,β-unsaturated/α-hetero) is 1. The molecular weight excluding hydrogens is 505 g/mol. The molecule has 1 aliphatic rings. The van der Waals surface area contributed by atoms with Crippen LogP contribution in [-0.4, -0.2) is 70.3 Å². The van der Waals surface area contributed by atoms with Gasteiger partial charge in [0, 0.05) is 24.3 Å². The fraction of sp³-hybridized carbons (Fsp3) is 0.423. The number of hydrogen-bond donors (Lipinski definition) is 2. The smallest absolute Gasteiger partial charge is 0.355 e. The largest absolute Gasteiger partial charge is 0.507 e. The molecule has 0 saturated carbocycles. The summed E-state index contributed by atoms with van der Waals surface area (Å²) in [6.45, 7) is 11.6. The maximum Gasteiger partial charge on any atom is 0.355 e. The first-order chi connectivity index (χ1) is 17.1. The lowest BCUT2D eigenvalue weighted by Gasteiger charge is -2.28. The molecule has 2 aromatic rings. The van der Waals surface area contributed by atoms with Crippen molar-refractivity contribution in [2.45, 2.75) is 40.7 Å². The van der Waals surface area contributed by atoms with Crippen molar-refractivity contribution in [2.75, 3.05) is 32.8 Å². The van der Waals surface area contributed by atoms with Gasteiger partial charge in [0.15, 0.2) is 0 Å². The molecule has 2 heterocycles. The Labute approximate surface area is 220 Å². The summed E-state index contributed by atoms with van der Waals surface area (Å²) in [7, 11) is 0. The number of aromatic amines is 1. The highest BCUT2D eigenvalue weighted by Gasteiger charge is 2.46. The summed E-state index contributed by atoms with van der Waals surface area (Å²) in [6, 6.07) is 3.99. The van der Waals surface area contributed by atoms with E-state index in [9.17, 15) is 19.5 Å². The highest BCUT2D eigenvalue weighted by atomic mass is 35.5. The molecule has 0 radical (unpaired) electrons. The minimum atomic E-state index is -0.880. The SMILES string of the molecule is CCOC(=O)c1[nH]c(C)c(C(O)=C2C(=O)C(=O)N(CCN(CC)CC)C2c2ccc(Cl)c(Cl)c2)c1C. The van der Waals surface area contributed by atoms with Crippen LogP contribution in [0.2, 0.25) is 10.0 Å². The molecule has 1 aromatic heterocycles. The van der Waals surface area contributed by atoms with E-state index in [0.717, 1.165) is 13.1 Å². The first-order valence-electron chi connectivity index (χ1n) is 11.9. The van der Waals surface area contributed by atoms with Gasteiger partial charge in [-0.25, -0.2) is 4.79 Å². The molecule has 1 aromatic carbocycles. The maximum absolute atomic E-state index is 13.3. The normalized spacial score (nSPS) is 17.3. The first-order valence-corrected chi connectivity index (χ1v) is 12.6. The van der Waals surface area contributed by atoms with Crippen molar-refractivity contribution in [3.8, 4) is 0 Å². The van der Waals surface area contributed by atoms with Gasteiger partial charge in [0.1, 0.15) is 11.5 Å². The summed E-state index contributed by atoms with van der Waals surface area (Å²) < 4.78 is 5.10. The number of aromatic nitrogens is 1. The van der Waals surface area contributed by atoms with Crippen LogP contribution in [0.3, 0.4) is 0 Å². The summed E-state index contributed by atoms with van der Waals surface area (Å²) in [5, 5.41) is 12.1. The quantitative estimate of drug-likeness (QED) is 0.205. The summed E-state index contributed by atoms with van der Waals surface area (Å²) in [6.07, 6.45) is 0. The second kappa shape index (κ2) is 11.5. The zero-order valence-corrected chi connectivity index (χ0v) is 22.6. The predicted octanol–water partition coefficient (Wildman–Crippen LogP) is 4.88. The lowest BCUT2D eigenvalue weighted by Crippen LogP contribution is -2.38.